The van der Waals surface area contributed by atoms with Gasteiger partial charge >= 0.3 is 6.03 Å². The third-order valence-corrected chi connectivity index (χ3v) is 5.29. The SMILES string of the molecule is CCCCN1C(=O)NNC1Cc1ccc(OCCc2coc(-c3ccccc3)n2)cc1. The van der Waals surface area contributed by atoms with E-state index in [2.05, 4.69) is 22.8 Å². The number of amides is 2. The zero-order valence-corrected chi connectivity index (χ0v) is 17.7. The van der Waals surface area contributed by atoms with Crippen molar-refractivity contribution in [1.82, 2.24) is 20.7 Å². The first-order valence-corrected chi connectivity index (χ1v) is 10.8. The lowest BCUT2D eigenvalue weighted by Crippen LogP contribution is -2.39. The molecule has 2 heterocycles. The van der Waals surface area contributed by atoms with E-state index in [1.807, 2.05) is 59.5 Å². The van der Waals surface area contributed by atoms with Crippen molar-refractivity contribution >= 4 is 6.03 Å². The fourth-order valence-electron chi connectivity index (χ4n) is 3.54. The number of carbonyl (C=O) groups excluding carboxylic acids is 1. The molecule has 1 saturated heterocycles. The fourth-order valence-corrected chi connectivity index (χ4v) is 3.54. The van der Waals surface area contributed by atoms with E-state index >= 15 is 0 Å². The Morgan fingerprint density at radius 2 is 1.94 bits per heavy atom. The van der Waals surface area contributed by atoms with Crippen LogP contribution in [0.4, 0.5) is 4.79 Å². The number of aromatic nitrogens is 1. The molecule has 0 spiro atoms. The molecule has 0 bridgehead atoms. The molecule has 0 radical (unpaired) electrons. The van der Waals surface area contributed by atoms with Crippen LogP contribution in [0.5, 0.6) is 5.75 Å². The summed E-state index contributed by atoms with van der Waals surface area (Å²) >= 11 is 0. The molecule has 1 aliphatic rings. The number of unbranched alkanes of at least 4 members (excludes halogenated alkanes) is 1. The lowest BCUT2D eigenvalue weighted by Gasteiger charge is -2.22. The van der Waals surface area contributed by atoms with Crippen LogP contribution in [0.15, 0.2) is 65.3 Å². The van der Waals surface area contributed by atoms with Gasteiger partial charge in [0.15, 0.2) is 0 Å². The number of nitrogens with zero attached hydrogens (tertiary/aromatic N) is 2. The fraction of sp³-hybridized carbons (Fsp3) is 0.333. The zero-order valence-electron chi connectivity index (χ0n) is 17.7. The molecule has 0 saturated carbocycles. The normalized spacial score (nSPS) is 15.8. The van der Waals surface area contributed by atoms with Gasteiger partial charge in [0.25, 0.3) is 0 Å². The number of urea groups is 1. The highest BCUT2D eigenvalue weighted by Gasteiger charge is 2.29. The lowest BCUT2D eigenvalue weighted by molar-refractivity contribution is 0.199. The third kappa shape index (κ3) is 5.44. The predicted octanol–water partition coefficient (Wildman–Crippen LogP) is 4.16. The number of rotatable bonds is 10. The van der Waals surface area contributed by atoms with Gasteiger partial charge in [0, 0.05) is 24.9 Å². The van der Waals surface area contributed by atoms with Crippen molar-refractivity contribution in [2.45, 2.75) is 38.8 Å². The Morgan fingerprint density at radius 3 is 2.71 bits per heavy atom. The van der Waals surface area contributed by atoms with E-state index < -0.39 is 0 Å². The van der Waals surface area contributed by atoms with Crippen molar-refractivity contribution in [2.24, 2.45) is 0 Å². The number of carbonyl (C=O) groups is 1. The van der Waals surface area contributed by atoms with E-state index in [0.29, 0.717) is 18.9 Å². The van der Waals surface area contributed by atoms with Crippen LogP contribution in [0.2, 0.25) is 0 Å². The molecule has 1 unspecified atom stereocenters. The first kappa shape index (κ1) is 20.9. The van der Waals surface area contributed by atoms with Crippen LogP contribution in [-0.2, 0) is 12.8 Å². The van der Waals surface area contributed by atoms with E-state index in [9.17, 15) is 4.79 Å². The maximum absolute atomic E-state index is 12.0. The van der Waals surface area contributed by atoms with Crippen LogP contribution in [0.25, 0.3) is 11.5 Å². The van der Waals surface area contributed by atoms with E-state index in [-0.39, 0.29) is 12.2 Å². The highest BCUT2D eigenvalue weighted by Crippen LogP contribution is 2.19. The molecule has 2 N–H and O–H groups in total. The summed E-state index contributed by atoms with van der Waals surface area (Å²) in [6.07, 6.45) is 5.12. The summed E-state index contributed by atoms with van der Waals surface area (Å²) in [7, 11) is 0. The Labute approximate surface area is 182 Å². The molecule has 31 heavy (non-hydrogen) atoms. The number of benzene rings is 2. The van der Waals surface area contributed by atoms with Gasteiger partial charge in [-0.05, 0) is 36.2 Å². The van der Waals surface area contributed by atoms with E-state index in [1.165, 1.54) is 0 Å². The molecule has 1 atom stereocenters. The van der Waals surface area contributed by atoms with Crippen LogP contribution in [0.1, 0.15) is 31.0 Å². The number of oxazole rings is 1. The van der Waals surface area contributed by atoms with Crippen LogP contribution < -0.4 is 15.6 Å². The largest absolute Gasteiger partial charge is 0.493 e. The highest BCUT2D eigenvalue weighted by molar-refractivity contribution is 5.75. The van der Waals surface area contributed by atoms with Crippen molar-refractivity contribution in [3.63, 3.8) is 0 Å². The third-order valence-electron chi connectivity index (χ3n) is 5.29. The van der Waals surface area contributed by atoms with Gasteiger partial charge in [-0.3, -0.25) is 5.43 Å². The lowest BCUT2D eigenvalue weighted by atomic mass is 10.1. The summed E-state index contributed by atoms with van der Waals surface area (Å²) in [6, 6.07) is 17.8. The molecule has 7 nitrogen and oxygen atoms in total. The summed E-state index contributed by atoms with van der Waals surface area (Å²) in [5, 5.41) is 0. The van der Waals surface area contributed by atoms with Gasteiger partial charge < -0.3 is 14.1 Å². The Hall–Kier alpha value is -3.32. The summed E-state index contributed by atoms with van der Waals surface area (Å²) in [6.45, 7) is 3.41. The minimum atomic E-state index is -0.0540. The molecule has 2 amide bonds. The average molecular weight is 421 g/mol. The number of hydrogen-bond acceptors (Lipinski definition) is 5. The van der Waals surface area contributed by atoms with Crippen molar-refractivity contribution in [3.05, 3.63) is 72.1 Å². The molecule has 0 aliphatic carbocycles. The predicted molar refractivity (Wildman–Crippen MR) is 118 cm³/mol. The molecule has 1 aromatic heterocycles. The number of nitrogens with one attached hydrogen (secondary N) is 2. The van der Waals surface area contributed by atoms with Crippen molar-refractivity contribution < 1.29 is 13.9 Å². The van der Waals surface area contributed by atoms with E-state index in [0.717, 1.165) is 48.4 Å². The Balaban J connectivity index is 1.25. The van der Waals surface area contributed by atoms with Crippen molar-refractivity contribution in [3.8, 4) is 17.2 Å². The van der Waals surface area contributed by atoms with Crippen LogP contribution >= 0.6 is 0 Å². The van der Waals surface area contributed by atoms with Crippen LogP contribution in [0, 0.1) is 0 Å². The van der Waals surface area contributed by atoms with Gasteiger partial charge in [-0.1, -0.05) is 43.7 Å². The molecule has 2 aromatic carbocycles. The maximum atomic E-state index is 12.0. The van der Waals surface area contributed by atoms with E-state index in [1.54, 1.807) is 6.26 Å². The molecule has 1 aliphatic heterocycles. The van der Waals surface area contributed by atoms with Gasteiger partial charge in [-0.25, -0.2) is 15.2 Å². The van der Waals surface area contributed by atoms with Crippen molar-refractivity contribution in [2.75, 3.05) is 13.2 Å². The second kappa shape index (κ2) is 10.1. The quantitative estimate of drug-likeness (QED) is 0.515. The Bertz CT molecular complexity index is 972. The monoisotopic (exact) mass is 420 g/mol. The van der Waals surface area contributed by atoms with Gasteiger partial charge in [0.05, 0.1) is 12.3 Å². The zero-order chi connectivity index (χ0) is 21.5. The topological polar surface area (TPSA) is 79.6 Å². The Kier molecular flexibility index (Phi) is 6.84. The van der Waals surface area contributed by atoms with Gasteiger partial charge in [0.2, 0.25) is 5.89 Å². The Morgan fingerprint density at radius 1 is 1.13 bits per heavy atom. The van der Waals surface area contributed by atoms with Crippen LogP contribution in [0.3, 0.4) is 0 Å². The first-order chi connectivity index (χ1) is 15.2. The second-order valence-corrected chi connectivity index (χ2v) is 7.59. The standard InChI is InChI=1S/C24H28N4O3/c1-2-3-14-28-22(26-27-24(28)29)16-18-9-11-21(12-10-18)30-15-13-20-17-31-23(25-20)19-7-5-4-6-8-19/h4-12,17,22,26H,2-3,13-16H2,1H3,(H,27,29). The number of hydrogen-bond donors (Lipinski definition) is 2. The first-order valence-electron chi connectivity index (χ1n) is 10.8. The molecule has 4 rings (SSSR count). The molecule has 162 valence electrons. The smallest absolute Gasteiger partial charge is 0.333 e. The highest BCUT2D eigenvalue weighted by atomic mass is 16.5. The summed E-state index contributed by atoms with van der Waals surface area (Å²) in [4.78, 5) is 18.4. The molecule has 1 fully saturated rings. The second-order valence-electron chi connectivity index (χ2n) is 7.59. The number of hydrazine groups is 1. The number of ether oxygens (including phenoxy) is 1. The molecular weight excluding hydrogens is 392 g/mol. The van der Waals surface area contributed by atoms with Gasteiger partial charge in [-0.15, -0.1) is 0 Å². The van der Waals surface area contributed by atoms with Crippen molar-refractivity contribution in [1.29, 1.82) is 0 Å². The van der Waals surface area contributed by atoms with E-state index in [4.69, 9.17) is 9.15 Å². The summed E-state index contributed by atoms with van der Waals surface area (Å²) < 4.78 is 11.4. The molecule has 7 heteroatoms. The average Bonchev–Trinajstić information content (AvgIpc) is 3.41. The maximum Gasteiger partial charge on any atom is 0.333 e. The molecule has 3 aromatic rings. The minimum absolute atomic E-state index is 0.0307. The van der Waals surface area contributed by atoms with Gasteiger partial charge in [-0.2, -0.15) is 0 Å². The minimum Gasteiger partial charge on any atom is -0.493 e. The molecular formula is C24H28N4O3. The summed E-state index contributed by atoms with van der Waals surface area (Å²) in [5.74, 6) is 1.44. The summed E-state index contributed by atoms with van der Waals surface area (Å²) in [5.41, 5.74) is 8.77. The van der Waals surface area contributed by atoms with Gasteiger partial charge in [0.1, 0.15) is 18.2 Å². The van der Waals surface area contributed by atoms with Crippen LogP contribution in [-0.4, -0.2) is 35.2 Å².